The first-order valence-electron chi connectivity index (χ1n) is 5.72. The van der Waals surface area contributed by atoms with E-state index in [2.05, 4.69) is 10.2 Å². The van der Waals surface area contributed by atoms with Crippen molar-refractivity contribution in [2.75, 3.05) is 20.0 Å². The van der Waals surface area contributed by atoms with Gasteiger partial charge >= 0.3 is 0 Å². The number of benzene rings is 1. The third kappa shape index (κ3) is 3.46. The van der Waals surface area contributed by atoms with Gasteiger partial charge < -0.3 is 13.9 Å². The van der Waals surface area contributed by atoms with Gasteiger partial charge in [-0.15, -0.1) is 10.2 Å². The van der Waals surface area contributed by atoms with Crippen molar-refractivity contribution >= 4 is 23.4 Å². The molecule has 2 rings (SSSR count). The minimum absolute atomic E-state index is 0.434. The molecule has 0 bridgehead atoms. The Morgan fingerprint density at radius 1 is 1.25 bits per heavy atom. The molecule has 0 N–H and O–H groups in total. The number of nitrogens with zero attached hydrogens (tertiary/aromatic N) is 2. The lowest BCUT2D eigenvalue weighted by atomic mass is 10.2. The molecule has 7 heteroatoms. The second kappa shape index (κ2) is 7.21. The van der Waals surface area contributed by atoms with E-state index in [1.54, 1.807) is 32.4 Å². The first-order chi connectivity index (χ1) is 9.78. The molecule has 0 atom stereocenters. The van der Waals surface area contributed by atoms with Gasteiger partial charge in [0.25, 0.3) is 5.22 Å². The molecule has 5 nitrogen and oxygen atoms in total. The maximum absolute atomic E-state index is 5.56. The quantitative estimate of drug-likeness (QED) is 0.760. The van der Waals surface area contributed by atoms with Crippen LogP contribution in [0.4, 0.5) is 0 Å². The van der Waals surface area contributed by atoms with Crippen LogP contribution in [-0.2, 0) is 0 Å². The van der Waals surface area contributed by atoms with Gasteiger partial charge in [0, 0.05) is 16.9 Å². The lowest BCUT2D eigenvalue weighted by Crippen LogP contribution is -1.90. The smallest absolute Gasteiger partial charge is 0.277 e. The third-order valence-electron chi connectivity index (χ3n) is 2.43. The van der Waals surface area contributed by atoms with Crippen molar-refractivity contribution in [1.82, 2.24) is 10.2 Å². The van der Waals surface area contributed by atoms with Gasteiger partial charge in [0.2, 0.25) is 5.89 Å². The summed E-state index contributed by atoms with van der Waals surface area (Å²) in [6, 6.07) is 5.42. The van der Waals surface area contributed by atoms with Gasteiger partial charge in [-0.3, -0.25) is 0 Å². The fraction of sp³-hybridized carbons (Fsp3) is 0.231. The van der Waals surface area contributed by atoms with Crippen molar-refractivity contribution in [3.05, 3.63) is 29.8 Å². The van der Waals surface area contributed by atoms with Crippen LogP contribution in [0.25, 0.3) is 11.5 Å². The Morgan fingerprint density at radius 3 is 2.75 bits per heavy atom. The highest BCUT2D eigenvalue weighted by Crippen LogP contribution is 2.32. The molecule has 0 amide bonds. The highest BCUT2D eigenvalue weighted by atomic mass is 35.5. The van der Waals surface area contributed by atoms with Gasteiger partial charge in [-0.05, 0) is 18.2 Å². The number of hydrogen-bond acceptors (Lipinski definition) is 6. The van der Waals surface area contributed by atoms with Crippen LogP contribution in [0.1, 0.15) is 0 Å². The predicted molar refractivity (Wildman–Crippen MR) is 78.6 cm³/mol. The molecule has 0 fully saturated rings. The molecule has 2 aromatic rings. The van der Waals surface area contributed by atoms with Crippen LogP contribution in [0.5, 0.6) is 11.5 Å². The summed E-state index contributed by atoms with van der Waals surface area (Å²) in [7, 11) is 3.17. The van der Waals surface area contributed by atoms with E-state index in [1.165, 1.54) is 17.3 Å². The Labute approximate surface area is 125 Å². The zero-order valence-electron chi connectivity index (χ0n) is 11.0. The fourth-order valence-corrected chi connectivity index (χ4v) is 2.28. The maximum atomic E-state index is 5.56. The minimum Gasteiger partial charge on any atom is -0.493 e. The SMILES string of the molecule is COc1ccc(-c2nnc(SC/C=C/Cl)o2)cc1OC. The van der Waals surface area contributed by atoms with Crippen molar-refractivity contribution in [3.8, 4) is 23.0 Å². The summed E-state index contributed by atoms with van der Waals surface area (Å²) in [6.07, 6.45) is 1.80. The minimum atomic E-state index is 0.434. The van der Waals surface area contributed by atoms with E-state index in [-0.39, 0.29) is 0 Å². The Morgan fingerprint density at radius 2 is 2.05 bits per heavy atom. The Balaban J connectivity index is 2.19. The Bertz CT molecular complexity index is 601. The molecular formula is C13H13ClN2O3S. The summed E-state index contributed by atoms with van der Waals surface area (Å²) >= 11 is 6.86. The normalized spacial score (nSPS) is 10.9. The monoisotopic (exact) mass is 312 g/mol. The molecule has 0 aliphatic rings. The van der Waals surface area contributed by atoms with Crippen LogP contribution in [0, 0.1) is 0 Å². The summed E-state index contributed by atoms with van der Waals surface area (Å²) in [4.78, 5) is 0. The van der Waals surface area contributed by atoms with E-state index in [1.807, 2.05) is 6.07 Å². The van der Waals surface area contributed by atoms with Gasteiger partial charge in [-0.25, -0.2) is 0 Å². The van der Waals surface area contributed by atoms with Crippen LogP contribution in [0.2, 0.25) is 0 Å². The van der Waals surface area contributed by atoms with Crippen molar-refractivity contribution in [1.29, 1.82) is 0 Å². The van der Waals surface area contributed by atoms with E-state index in [4.69, 9.17) is 25.5 Å². The average Bonchev–Trinajstić information content (AvgIpc) is 2.95. The number of hydrogen-bond donors (Lipinski definition) is 0. The maximum Gasteiger partial charge on any atom is 0.277 e. The highest BCUT2D eigenvalue weighted by Gasteiger charge is 2.12. The van der Waals surface area contributed by atoms with Crippen molar-refractivity contribution < 1.29 is 13.9 Å². The van der Waals surface area contributed by atoms with E-state index >= 15 is 0 Å². The van der Waals surface area contributed by atoms with E-state index < -0.39 is 0 Å². The average molecular weight is 313 g/mol. The Hall–Kier alpha value is -1.66. The van der Waals surface area contributed by atoms with Crippen LogP contribution >= 0.6 is 23.4 Å². The van der Waals surface area contributed by atoms with Gasteiger partial charge in [0.05, 0.1) is 14.2 Å². The summed E-state index contributed by atoms with van der Waals surface area (Å²) in [5.41, 5.74) is 2.23. The first-order valence-corrected chi connectivity index (χ1v) is 7.14. The van der Waals surface area contributed by atoms with Gasteiger partial charge in [-0.1, -0.05) is 29.4 Å². The predicted octanol–water partition coefficient (Wildman–Crippen LogP) is 3.60. The molecule has 0 aliphatic carbocycles. The van der Waals surface area contributed by atoms with E-state index in [0.29, 0.717) is 28.4 Å². The highest BCUT2D eigenvalue weighted by molar-refractivity contribution is 7.99. The zero-order valence-corrected chi connectivity index (χ0v) is 12.6. The van der Waals surface area contributed by atoms with E-state index in [9.17, 15) is 0 Å². The molecule has 1 heterocycles. The number of methoxy groups -OCH3 is 2. The van der Waals surface area contributed by atoms with Gasteiger partial charge in [0.15, 0.2) is 11.5 Å². The zero-order chi connectivity index (χ0) is 14.4. The largest absolute Gasteiger partial charge is 0.493 e. The summed E-state index contributed by atoms with van der Waals surface area (Å²) < 4.78 is 16.0. The molecule has 0 unspecified atom stereocenters. The summed E-state index contributed by atoms with van der Waals surface area (Å²) in [5.74, 6) is 2.38. The second-order valence-electron chi connectivity index (χ2n) is 3.62. The number of rotatable bonds is 6. The molecule has 0 aliphatic heterocycles. The van der Waals surface area contributed by atoms with Crippen LogP contribution in [0.3, 0.4) is 0 Å². The molecule has 0 radical (unpaired) electrons. The second-order valence-corrected chi connectivity index (χ2v) is 4.84. The molecule has 0 saturated carbocycles. The topological polar surface area (TPSA) is 57.4 Å². The number of thioether (sulfide) groups is 1. The molecule has 106 valence electrons. The van der Waals surface area contributed by atoms with Crippen LogP contribution in [0.15, 0.2) is 39.5 Å². The standard InChI is InChI=1S/C13H13ClN2O3S/c1-17-10-5-4-9(8-11(10)18-2)12-15-16-13(19-12)20-7-3-6-14/h3-6,8H,7H2,1-2H3/b6-3+. The Kier molecular flexibility index (Phi) is 5.31. The molecule has 0 saturated heterocycles. The van der Waals surface area contributed by atoms with Crippen LogP contribution in [-0.4, -0.2) is 30.2 Å². The number of aromatic nitrogens is 2. The van der Waals surface area contributed by atoms with Gasteiger partial charge in [-0.2, -0.15) is 0 Å². The third-order valence-corrected chi connectivity index (χ3v) is 3.38. The van der Waals surface area contributed by atoms with Crippen LogP contribution < -0.4 is 9.47 Å². The summed E-state index contributed by atoms with van der Waals surface area (Å²) in [6.45, 7) is 0. The first kappa shape index (κ1) is 14.7. The molecular weight excluding hydrogens is 300 g/mol. The van der Waals surface area contributed by atoms with Crippen molar-refractivity contribution in [2.24, 2.45) is 0 Å². The molecule has 1 aromatic heterocycles. The van der Waals surface area contributed by atoms with Crippen molar-refractivity contribution in [3.63, 3.8) is 0 Å². The molecule has 20 heavy (non-hydrogen) atoms. The van der Waals surface area contributed by atoms with Gasteiger partial charge in [0.1, 0.15) is 0 Å². The number of ether oxygens (including phenoxy) is 2. The van der Waals surface area contributed by atoms with E-state index in [0.717, 1.165) is 5.56 Å². The van der Waals surface area contributed by atoms with Crippen molar-refractivity contribution in [2.45, 2.75) is 5.22 Å². The lowest BCUT2D eigenvalue weighted by molar-refractivity contribution is 0.355. The lowest BCUT2D eigenvalue weighted by Gasteiger charge is -2.07. The number of halogens is 1. The molecule has 1 aromatic carbocycles. The summed E-state index contributed by atoms with van der Waals surface area (Å²) in [5, 5.41) is 8.46. The fourth-order valence-electron chi connectivity index (χ4n) is 1.51. The molecule has 0 spiro atoms.